The first-order valence-electron chi connectivity index (χ1n) is 7.28. The first-order chi connectivity index (χ1) is 10.2. The molecule has 0 aliphatic rings. The lowest BCUT2D eigenvalue weighted by atomic mass is 10.2. The summed E-state index contributed by atoms with van der Waals surface area (Å²) in [4.78, 5) is 0. The molecule has 0 bridgehead atoms. The molecule has 0 saturated carbocycles. The van der Waals surface area contributed by atoms with Crippen LogP contribution in [-0.2, 0) is 16.0 Å². The second-order valence-electron chi connectivity index (χ2n) is 4.50. The minimum absolute atomic E-state index is 0.0354. The van der Waals surface area contributed by atoms with E-state index in [1.165, 1.54) is 0 Å². The molecule has 0 amide bonds. The van der Waals surface area contributed by atoms with Crippen molar-refractivity contribution < 1.29 is 9.47 Å². The van der Waals surface area contributed by atoms with Gasteiger partial charge in [-0.15, -0.1) is 0 Å². The third kappa shape index (κ3) is 8.97. The van der Waals surface area contributed by atoms with Crippen molar-refractivity contribution >= 4 is 31.8 Å². The molecule has 0 heterocycles. The summed E-state index contributed by atoms with van der Waals surface area (Å²) in [5.74, 6) is 0. The summed E-state index contributed by atoms with van der Waals surface area (Å²) in [5, 5.41) is 4.76. The van der Waals surface area contributed by atoms with Gasteiger partial charge in [-0.1, -0.05) is 31.8 Å². The van der Waals surface area contributed by atoms with Crippen molar-refractivity contribution in [2.24, 2.45) is 0 Å². The Balaban J connectivity index is 2.13. The van der Waals surface area contributed by atoms with E-state index in [1.807, 2.05) is 26.0 Å². The van der Waals surface area contributed by atoms with E-state index in [4.69, 9.17) is 32.7 Å². The van der Waals surface area contributed by atoms with Crippen molar-refractivity contribution in [1.29, 1.82) is 0 Å². The van der Waals surface area contributed by atoms with Gasteiger partial charge in [-0.05, 0) is 56.7 Å². The molecule has 1 rings (SSSR count). The maximum Gasteiger partial charge on any atom is 0.173 e. The van der Waals surface area contributed by atoms with Crippen molar-refractivity contribution in [2.75, 3.05) is 25.9 Å². The zero-order chi connectivity index (χ0) is 15.5. The summed E-state index contributed by atoms with van der Waals surface area (Å²) in [6.07, 6.45) is 2.21. The SMILES string of the molecule is CCOC(OCC)PCCCNCc1cc(Cl)cc(Cl)c1. The fourth-order valence-electron chi connectivity index (χ4n) is 1.85. The minimum Gasteiger partial charge on any atom is -0.349 e. The van der Waals surface area contributed by atoms with E-state index in [1.54, 1.807) is 6.07 Å². The van der Waals surface area contributed by atoms with Crippen LogP contribution in [0.25, 0.3) is 0 Å². The van der Waals surface area contributed by atoms with Crippen LogP contribution >= 0.6 is 31.8 Å². The highest BCUT2D eigenvalue weighted by Crippen LogP contribution is 2.22. The molecule has 0 aromatic heterocycles. The zero-order valence-electron chi connectivity index (χ0n) is 12.6. The number of rotatable bonds is 11. The van der Waals surface area contributed by atoms with Gasteiger partial charge in [-0.3, -0.25) is 0 Å². The average molecular weight is 352 g/mol. The summed E-state index contributed by atoms with van der Waals surface area (Å²) in [6, 6.07) is 5.58. The Morgan fingerprint density at radius 1 is 1.10 bits per heavy atom. The number of halogens is 2. The van der Waals surface area contributed by atoms with E-state index in [2.05, 4.69) is 5.32 Å². The second kappa shape index (κ2) is 11.6. The molecule has 120 valence electrons. The molecular weight excluding hydrogens is 328 g/mol. The molecule has 0 spiro atoms. The van der Waals surface area contributed by atoms with E-state index in [0.29, 0.717) is 31.8 Å². The van der Waals surface area contributed by atoms with Gasteiger partial charge in [0.15, 0.2) is 6.03 Å². The highest BCUT2D eigenvalue weighted by Gasteiger charge is 2.06. The van der Waals surface area contributed by atoms with Gasteiger partial charge in [0.2, 0.25) is 0 Å². The molecule has 6 heteroatoms. The molecule has 0 aliphatic heterocycles. The van der Waals surface area contributed by atoms with Crippen LogP contribution in [0.1, 0.15) is 25.8 Å². The second-order valence-corrected chi connectivity index (χ2v) is 6.76. The number of benzene rings is 1. The predicted octanol–water partition coefficient (Wildman–Crippen LogP) is 4.51. The van der Waals surface area contributed by atoms with Gasteiger partial charge in [0.25, 0.3) is 0 Å². The van der Waals surface area contributed by atoms with Crippen LogP contribution in [-0.4, -0.2) is 32.0 Å². The Morgan fingerprint density at radius 2 is 1.71 bits per heavy atom. The van der Waals surface area contributed by atoms with Crippen molar-refractivity contribution in [3.8, 4) is 0 Å². The van der Waals surface area contributed by atoms with Gasteiger partial charge < -0.3 is 14.8 Å². The molecule has 0 aliphatic carbocycles. The molecule has 0 radical (unpaired) electrons. The van der Waals surface area contributed by atoms with E-state index in [9.17, 15) is 0 Å². The molecule has 1 unspecified atom stereocenters. The monoisotopic (exact) mass is 351 g/mol. The van der Waals surface area contributed by atoms with E-state index in [-0.39, 0.29) is 6.03 Å². The van der Waals surface area contributed by atoms with Gasteiger partial charge in [-0.25, -0.2) is 0 Å². The molecular formula is C15H24Cl2NO2P. The first kappa shape index (κ1) is 19.2. The number of ether oxygens (including phenoxy) is 2. The third-order valence-electron chi connectivity index (χ3n) is 2.73. The van der Waals surface area contributed by atoms with Crippen LogP contribution < -0.4 is 5.32 Å². The van der Waals surface area contributed by atoms with Crippen LogP contribution in [0, 0.1) is 0 Å². The Bertz CT molecular complexity index is 381. The third-order valence-corrected chi connectivity index (χ3v) is 4.47. The smallest absolute Gasteiger partial charge is 0.173 e. The first-order valence-corrected chi connectivity index (χ1v) is 9.32. The number of nitrogens with one attached hydrogen (secondary N) is 1. The lowest BCUT2D eigenvalue weighted by Gasteiger charge is -2.16. The van der Waals surface area contributed by atoms with Crippen LogP contribution in [0.3, 0.4) is 0 Å². The summed E-state index contributed by atoms with van der Waals surface area (Å²) in [7, 11) is 0.684. The summed E-state index contributed by atoms with van der Waals surface area (Å²) < 4.78 is 11.0. The van der Waals surface area contributed by atoms with Gasteiger partial charge in [0, 0.05) is 29.8 Å². The largest absolute Gasteiger partial charge is 0.349 e. The topological polar surface area (TPSA) is 30.5 Å². The van der Waals surface area contributed by atoms with Crippen molar-refractivity contribution in [3.05, 3.63) is 33.8 Å². The Hall–Kier alpha value is 0.110. The maximum atomic E-state index is 5.97. The minimum atomic E-state index is -0.0354. The normalized spacial score (nSPS) is 11.9. The number of hydrogen-bond acceptors (Lipinski definition) is 3. The van der Waals surface area contributed by atoms with Gasteiger partial charge in [0.05, 0.1) is 0 Å². The maximum absolute atomic E-state index is 5.97. The standard InChI is InChI=1S/C15H24Cl2NO2P/c1-3-19-15(20-4-2)21-7-5-6-18-11-12-8-13(16)10-14(17)9-12/h8-10,15,18,21H,3-7,11H2,1-2H3. The molecule has 0 saturated heterocycles. The summed E-state index contributed by atoms with van der Waals surface area (Å²) in [5.41, 5.74) is 1.11. The summed E-state index contributed by atoms with van der Waals surface area (Å²) >= 11 is 11.9. The average Bonchev–Trinajstić information content (AvgIpc) is 2.42. The molecule has 1 aromatic carbocycles. The lowest BCUT2D eigenvalue weighted by Crippen LogP contribution is -2.16. The van der Waals surface area contributed by atoms with Crippen molar-refractivity contribution in [3.63, 3.8) is 0 Å². The Morgan fingerprint density at radius 3 is 2.29 bits per heavy atom. The van der Waals surface area contributed by atoms with Crippen LogP contribution in [0.5, 0.6) is 0 Å². The molecule has 21 heavy (non-hydrogen) atoms. The van der Waals surface area contributed by atoms with Crippen LogP contribution in [0.4, 0.5) is 0 Å². The molecule has 3 nitrogen and oxygen atoms in total. The number of hydrogen-bond donors (Lipinski definition) is 1. The fourth-order valence-corrected chi connectivity index (χ4v) is 3.60. The lowest BCUT2D eigenvalue weighted by molar-refractivity contribution is -0.0764. The molecule has 1 aromatic rings. The Kier molecular flexibility index (Phi) is 10.6. The zero-order valence-corrected chi connectivity index (χ0v) is 15.1. The quantitative estimate of drug-likeness (QED) is 0.361. The van der Waals surface area contributed by atoms with Crippen molar-refractivity contribution in [1.82, 2.24) is 5.32 Å². The molecule has 1 N–H and O–H groups in total. The van der Waals surface area contributed by atoms with Gasteiger partial charge >= 0.3 is 0 Å². The van der Waals surface area contributed by atoms with E-state index >= 15 is 0 Å². The van der Waals surface area contributed by atoms with Crippen molar-refractivity contribution in [2.45, 2.75) is 32.8 Å². The van der Waals surface area contributed by atoms with Gasteiger partial charge in [0.1, 0.15) is 0 Å². The highest BCUT2D eigenvalue weighted by molar-refractivity contribution is 7.38. The highest BCUT2D eigenvalue weighted by atomic mass is 35.5. The molecule has 0 fully saturated rings. The predicted molar refractivity (Wildman–Crippen MR) is 93.0 cm³/mol. The van der Waals surface area contributed by atoms with Crippen LogP contribution in [0.2, 0.25) is 10.0 Å². The van der Waals surface area contributed by atoms with E-state index in [0.717, 1.165) is 31.2 Å². The van der Waals surface area contributed by atoms with Crippen LogP contribution in [0.15, 0.2) is 18.2 Å². The van der Waals surface area contributed by atoms with E-state index < -0.39 is 0 Å². The van der Waals surface area contributed by atoms with Gasteiger partial charge in [-0.2, -0.15) is 0 Å². The molecule has 1 atom stereocenters. The summed E-state index contributed by atoms with van der Waals surface area (Å²) in [6.45, 7) is 7.13. The Labute approximate surface area is 139 Å². The fraction of sp³-hybridized carbons (Fsp3) is 0.600.